The number of carbonyl (C=O) groups excluding carboxylic acids is 2. The standard InChI is InChI=1S/C14H17N5O3/c1-9-5-4-6-11(10(9)2)16-13(20)8-19-15-7-12(18-19)17-14(21)22-3/h4-7H,8H2,1-3H3,(H,16,20)(H,17,18,21). The number of carbonyl (C=O) groups is 2. The molecule has 0 unspecified atom stereocenters. The van der Waals surface area contributed by atoms with Gasteiger partial charge in [0.1, 0.15) is 6.54 Å². The molecule has 0 radical (unpaired) electrons. The highest BCUT2D eigenvalue weighted by molar-refractivity contribution is 5.91. The van der Waals surface area contributed by atoms with Gasteiger partial charge in [-0.25, -0.2) is 4.79 Å². The molecule has 0 fully saturated rings. The summed E-state index contributed by atoms with van der Waals surface area (Å²) in [6, 6.07) is 5.69. The molecule has 8 nitrogen and oxygen atoms in total. The number of methoxy groups -OCH3 is 1. The van der Waals surface area contributed by atoms with Crippen LogP contribution in [-0.2, 0) is 16.1 Å². The van der Waals surface area contributed by atoms with Gasteiger partial charge in [-0.05, 0) is 31.0 Å². The highest BCUT2D eigenvalue weighted by Crippen LogP contribution is 2.17. The summed E-state index contributed by atoms with van der Waals surface area (Å²) in [6.45, 7) is 3.86. The molecule has 2 N–H and O–H groups in total. The number of hydrogen-bond donors (Lipinski definition) is 2. The van der Waals surface area contributed by atoms with Crippen LogP contribution in [0.5, 0.6) is 0 Å². The highest BCUT2D eigenvalue weighted by Gasteiger charge is 2.10. The van der Waals surface area contributed by atoms with E-state index in [1.54, 1.807) is 0 Å². The minimum Gasteiger partial charge on any atom is -0.453 e. The molecule has 22 heavy (non-hydrogen) atoms. The maximum atomic E-state index is 12.0. The molecule has 2 rings (SSSR count). The van der Waals surface area contributed by atoms with Gasteiger partial charge in [-0.15, -0.1) is 5.10 Å². The maximum Gasteiger partial charge on any atom is 0.412 e. The number of aromatic nitrogens is 3. The van der Waals surface area contributed by atoms with E-state index in [4.69, 9.17) is 0 Å². The van der Waals surface area contributed by atoms with E-state index in [1.165, 1.54) is 18.1 Å². The summed E-state index contributed by atoms with van der Waals surface area (Å²) in [7, 11) is 1.25. The second kappa shape index (κ2) is 6.70. The van der Waals surface area contributed by atoms with Crippen LogP contribution < -0.4 is 10.6 Å². The zero-order valence-corrected chi connectivity index (χ0v) is 12.6. The van der Waals surface area contributed by atoms with E-state index in [1.807, 2.05) is 32.0 Å². The van der Waals surface area contributed by atoms with Crippen molar-refractivity contribution in [1.82, 2.24) is 15.0 Å². The quantitative estimate of drug-likeness (QED) is 0.896. The first-order valence-electron chi connectivity index (χ1n) is 6.60. The van der Waals surface area contributed by atoms with Crippen molar-refractivity contribution in [3.63, 3.8) is 0 Å². The molecule has 0 spiro atoms. The lowest BCUT2D eigenvalue weighted by Crippen LogP contribution is -2.21. The molecule has 1 aromatic heterocycles. The molecule has 116 valence electrons. The number of rotatable bonds is 4. The van der Waals surface area contributed by atoms with E-state index in [0.717, 1.165) is 16.8 Å². The monoisotopic (exact) mass is 303 g/mol. The van der Waals surface area contributed by atoms with Gasteiger partial charge in [-0.2, -0.15) is 9.90 Å². The van der Waals surface area contributed by atoms with Crippen molar-refractivity contribution in [3.8, 4) is 0 Å². The molecular weight excluding hydrogens is 286 g/mol. The average molecular weight is 303 g/mol. The number of nitrogens with one attached hydrogen (secondary N) is 2. The van der Waals surface area contributed by atoms with Crippen LogP contribution in [0, 0.1) is 13.8 Å². The summed E-state index contributed by atoms with van der Waals surface area (Å²) in [5.74, 6) is -0.0414. The van der Waals surface area contributed by atoms with E-state index in [9.17, 15) is 9.59 Å². The van der Waals surface area contributed by atoms with Crippen molar-refractivity contribution in [3.05, 3.63) is 35.5 Å². The fourth-order valence-corrected chi connectivity index (χ4v) is 1.79. The van der Waals surface area contributed by atoms with Gasteiger partial charge in [-0.1, -0.05) is 12.1 Å². The Kier molecular flexibility index (Phi) is 4.72. The van der Waals surface area contributed by atoms with Gasteiger partial charge >= 0.3 is 6.09 Å². The Bertz CT molecular complexity index is 696. The first kappa shape index (κ1) is 15.5. The van der Waals surface area contributed by atoms with Gasteiger partial charge in [-0.3, -0.25) is 10.1 Å². The summed E-state index contributed by atoms with van der Waals surface area (Å²) in [5, 5.41) is 13.0. The molecule has 0 aliphatic rings. The van der Waals surface area contributed by atoms with E-state index >= 15 is 0 Å². The molecule has 1 heterocycles. The molecule has 0 bridgehead atoms. The summed E-state index contributed by atoms with van der Waals surface area (Å²) >= 11 is 0. The van der Waals surface area contributed by atoms with Crippen molar-refractivity contribution in [2.45, 2.75) is 20.4 Å². The molecule has 0 aliphatic heterocycles. The van der Waals surface area contributed by atoms with E-state index in [2.05, 4.69) is 25.6 Å². The van der Waals surface area contributed by atoms with Gasteiger partial charge in [0.2, 0.25) is 5.91 Å². The Balaban J connectivity index is 1.97. The minimum atomic E-state index is -0.646. The number of hydrogen-bond acceptors (Lipinski definition) is 5. The first-order chi connectivity index (χ1) is 10.5. The predicted molar refractivity (Wildman–Crippen MR) is 80.6 cm³/mol. The third kappa shape index (κ3) is 3.81. The van der Waals surface area contributed by atoms with Crippen molar-refractivity contribution in [1.29, 1.82) is 0 Å². The lowest BCUT2D eigenvalue weighted by molar-refractivity contribution is -0.117. The van der Waals surface area contributed by atoms with Crippen LogP contribution in [0.4, 0.5) is 16.3 Å². The highest BCUT2D eigenvalue weighted by atomic mass is 16.5. The molecule has 0 atom stereocenters. The lowest BCUT2D eigenvalue weighted by atomic mass is 10.1. The number of amides is 2. The summed E-state index contributed by atoms with van der Waals surface area (Å²) in [5.41, 5.74) is 2.86. The van der Waals surface area contributed by atoms with E-state index in [0.29, 0.717) is 0 Å². The Morgan fingerprint density at radius 1 is 1.27 bits per heavy atom. The Morgan fingerprint density at radius 3 is 2.77 bits per heavy atom. The topological polar surface area (TPSA) is 98.1 Å². The summed E-state index contributed by atoms with van der Waals surface area (Å²) in [6.07, 6.45) is 0.689. The zero-order valence-electron chi connectivity index (χ0n) is 12.6. The average Bonchev–Trinajstić information content (AvgIpc) is 2.90. The van der Waals surface area contributed by atoms with Crippen molar-refractivity contribution in [2.24, 2.45) is 0 Å². The SMILES string of the molecule is COC(=O)Nc1cnn(CC(=O)Nc2cccc(C)c2C)n1. The first-order valence-corrected chi connectivity index (χ1v) is 6.60. The molecule has 0 saturated carbocycles. The molecule has 2 aromatic rings. The second-order valence-corrected chi connectivity index (χ2v) is 4.67. The van der Waals surface area contributed by atoms with E-state index in [-0.39, 0.29) is 18.3 Å². The van der Waals surface area contributed by atoms with Gasteiger partial charge in [0, 0.05) is 5.69 Å². The maximum absolute atomic E-state index is 12.0. The van der Waals surface area contributed by atoms with Crippen LogP contribution >= 0.6 is 0 Å². The smallest absolute Gasteiger partial charge is 0.412 e. The number of nitrogens with zero attached hydrogens (tertiary/aromatic N) is 3. The molecule has 8 heteroatoms. The van der Waals surface area contributed by atoms with Gasteiger partial charge in [0.05, 0.1) is 13.3 Å². The van der Waals surface area contributed by atoms with Crippen molar-refractivity contribution >= 4 is 23.5 Å². The van der Waals surface area contributed by atoms with Gasteiger partial charge < -0.3 is 10.1 Å². The fourth-order valence-electron chi connectivity index (χ4n) is 1.79. The minimum absolute atomic E-state index is 0.0593. The normalized spacial score (nSPS) is 10.1. The largest absolute Gasteiger partial charge is 0.453 e. The lowest BCUT2D eigenvalue weighted by Gasteiger charge is -2.09. The summed E-state index contributed by atoms with van der Waals surface area (Å²) < 4.78 is 4.44. The van der Waals surface area contributed by atoms with Crippen LogP contribution in [0.1, 0.15) is 11.1 Å². The van der Waals surface area contributed by atoms with E-state index < -0.39 is 6.09 Å². The number of benzene rings is 1. The number of anilines is 2. The molecule has 0 saturated heterocycles. The second-order valence-electron chi connectivity index (χ2n) is 4.67. The van der Waals surface area contributed by atoms with Crippen molar-refractivity contribution < 1.29 is 14.3 Å². The Morgan fingerprint density at radius 2 is 2.05 bits per heavy atom. The van der Waals surface area contributed by atoms with Gasteiger partial charge in [0.15, 0.2) is 5.82 Å². The van der Waals surface area contributed by atoms with Crippen LogP contribution in [-0.4, -0.2) is 34.1 Å². The summed E-state index contributed by atoms with van der Waals surface area (Å²) in [4.78, 5) is 24.2. The third-order valence-corrected chi connectivity index (χ3v) is 3.12. The fraction of sp³-hybridized carbons (Fsp3) is 0.286. The molecule has 2 amide bonds. The predicted octanol–water partition coefficient (Wildman–Crippen LogP) is 1.71. The number of aryl methyl sites for hydroxylation is 1. The van der Waals surface area contributed by atoms with Crippen LogP contribution in [0.2, 0.25) is 0 Å². The van der Waals surface area contributed by atoms with Crippen molar-refractivity contribution in [2.75, 3.05) is 17.7 Å². The Hall–Kier alpha value is -2.90. The van der Waals surface area contributed by atoms with Crippen LogP contribution in [0.25, 0.3) is 0 Å². The zero-order chi connectivity index (χ0) is 16.1. The Labute approximate surface area is 127 Å². The van der Waals surface area contributed by atoms with Gasteiger partial charge in [0.25, 0.3) is 0 Å². The van der Waals surface area contributed by atoms with Crippen LogP contribution in [0.15, 0.2) is 24.4 Å². The molecular formula is C14H17N5O3. The molecule has 0 aliphatic carbocycles. The third-order valence-electron chi connectivity index (χ3n) is 3.12. The van der Waals surface area contributed by atoms with Crippen LogP contribution in [0.3, 0.4) is 0 Å². The molecule has 1 aromatic carbocycles. The number of ether oxygens (including phenoxy) is 1.